The van der Waals surface area contributed by atoms with Gasteiger partial charge in [0.15, 0.2) is 0 Å². The average Bonchev–Trinajstić information content (AvgIpc) is 3.10. The fourth-order valence-corrected chi connectivity index (χ4v) is 3.81. The number of likely N-dealkylation sites (N-methyl/N-ethyl adjacent to an activating group) is 1. The van der Waals surface area contributed by atoms with E-state index in [9.17, 15) is 4.79 Å². The van der Waals surface area contributed by atoms with Crippen LogP contribution in [-0.4, -0.2) is 54.7 Å². The summed E-state index contributed by atoms with van der Waals surface area (Å²) in [6.45, 7) is 1.79. The molecule has 3 aromatic rings. The number of thioether (sulfide) groups is 1. The Morgan fingerprint density at radius 1 is 1.21 bits per heavy atom. The maximum atomic E-state index is 12.2. The van der Waals surface area contributed by atoms with E-state index in [1.165, 1.54) is 5.56 Å². The molecule has 2 aromatic heterocycles. The second-order valence-electron chi connectivity index (χ2n) is 6.78. The average molecular weight is 399 g/mol. The summed E-state index contributed by atoms with van der Waals surface area (Å²) in [5.74, 6) is 1.70. The van der Waals surface area contributed by atoms with Crippen LogP contribution in [0.3, 0.4) is 0 Å². The van der Waals surface area contributed by atoms with Gasteiger partial charge >= 0.3 is 0 Å². The lowest BCUT2D eigenvalue weighted by Gasteiger charge is -2.11. The molecule has 0 spiro atoms. The smallest absolute Gasteiger partial charge is 0.239 e. The predicted molar refractivity (Wildman–Crippen MR) is 114 cm³/mol. The first-order valence-electron chi connectivity index (χ1n) is 9.18. The third-order valence-corrected chi connectivity index (χ3v) is 5.47. The van der Waals surface area contributed by atoms with Crippen molar-refractivity contribution in [3.05, 3.63) is 54.4 Å². The van der Waals surface area contributed by atoms with E-state index in [2.05, 4.69) is 22.4 Å². The Morgan fingerprint density at radius 2 is 2.00 bits per heavy atom. The van der Waals surface area contributed by atoms with Crippen LogP contribution in [0, 0.1) is 0 Å². The number of hydrogen-bond acceptors (Lipinski definition) is 5. The summed E-state index contributed by atoms with van der Waals surface area (Å²) in [5.41, 5.74) is 2.24. The number of aromatic nitrogens is 2. The number of pyridine rings is 1. The van der Waals surface area contributed by atoms with Crippen molar-refractivity contribution < 1.29 is 9.53 Å². The van der Waals surface area contributed by atoms with Crippen LogP contribution in [0.4, 0.5) is 0 Å². The zero-order valence-electron chi connectivity index (χ0n) is 16.5. The molecule has 0 aliphatic carbocycles. The maximum Gasteiger partial charge on any atom is 0.239 e. The van der Waals surface area contributed by atoms with Crippen molar-refractivity contribution in [3.63, 3.8) is 0 Å². The molecule has 148 valence electrons. The maximum absolute atomic E-state index is 12.2. The monoisotopic (exact) mass is 398 g/mol. The summed E-state index contributed by atoms with van der Waals surface area (Å²) in [6, 6.07) is 12.1. The largest absolute Gasteiger partial charge is 0.497 e. The number of benzene rings is 1. The number of nitrogens with zero attached hydrogens (tertiary/aromatic N) is 3. The van der Waals surface area contributed by atoms with Gasteiger partial charge < -0.3 is 19.5 Å². The highest BCUT2D eigenvalue weighted by Crippen LogP contribution is 2.29. The minimum absolute atomic E-state index is 0.0172. The summed E-state index contributed by atoms with van der Waals surface area (Å²) in [7, 11) is 5.65. The first kappa shape index (κ1) is 20.2. The molecular formula is C21H26N4O2S. The highest BCUT2D eigenvalue weighted by molar-refractivity contribution is 7.98. The second kappa shape index (κ2) is 9.61. The molecular weight excluding hydrogens is 372 g/mol. The van der Waals surface area contributed by atoms with Crippen LogP contribution >= 0.6 is 11.8 Å². The number of amides is 1. The summed E-state index contributed by atoms with van der Waals surface area (Å²) in [5, 5.41) is 5.00. The van der Waals surface area contributed by atoms with Crippen molar-refractivity contribution in [2.45, 2.75) is 17.3 Å². The molecule has 0 aliphatic rings. The number of nitrogens with one attached hydrogen (secondary N) is 1. The first-order valence-corrected chi connectivity index (χ1v) is 10.2. The first-order chi connectivity index (χ1) is 13.6. The zero-order valence-corrected chi connectivity index (χ0v) is 17.3. The van der Waals surface area contributed by atoms with Crippen molar-refractivity contribution in [1.29, 1.82) is 0 Å². The van der Waals surface area contributed by atoms with Gasteiger partial charge in [0.1, 0.15) is 17.3 Å². The van der Waals surface area contributed by atoms with Gasteiger partial charge in [0.2, 0.25) is 5.91 Å². The van der Waals surface area contributed by atoms with Crippen LogP contribution in [0.15, 0.2) is 53.8 Å². The van der Waals surface area contributed by atoms with Crippen LogP contribution in [0.5, 0.6) is 5.75 Å². The third-order valence-electron chi connectivity index (χ3n) is 4.39. The van der Waals surface area contributed by atoms with Crippen molar-refractivity contribution in [3.8, 4) is 5.75 Å². The minimum atomic E-state index is 0.0172. The number of fused-ring (bicyclic) bond motifs is 1. The number of ether oxygens (including phenoxy) is 1. The molecule has 2 heterocycles. The van der Waals surface area contributed by atoms with Gasteiger partial charge in [-0.3, -0.25) is 4.79 Å². The molecule has 6 nitrogen and oxygen atoms in total. The molecule has 0 unspecified atom stereocenters. The lowest BCUT2D eigenvalue weighted by atomic mass is 10.2. The number of carbonyl (C=O) groups excluding carboxylic acids is 1. The molecule has 0 saturated carbocycles. The van der Waals surface area contributed by atoms with Crippen LogP contribution in [0.1, 0.15) is 5.56 Å². The molecule has 0 radical (unpaired) electrons. The Morgan fingerprint density at radius 3 is 2.71 bits per heavy atom. The fraction of sp³-hybridized carbons (Fsp3) is 0.333. The predicted octanol–water partition coefficient (Wildman–Crippen LogP) is 3.02. The van der Waals surface area contributed by atoms with Crippen molar-refractivity contribution in [2.24, 2.45) is 0 Å². The summed E-state index contributed by atoms with van der Waals surface area (Å²) >= 11 is 1.69. The molecule has 0 atom stereocenters. The number of methoxy groups -OCH3 is 1. The SMILES string of the molecule is COc1ccc(CSc2nccc3c2ccn3CC(=O)NCCN(C)C)cc1. The standard InChI is InChI=1S/C21H26N4O2S/c1-24(2)13-11-22-20(26)14-25-12-9-18-19(25)8-10-23-21(18)28-15-16-4-6-17(27-3)7-5-16/h4-10,12H,11,13-15H2,1-3H3,(H,22,26). The Hall–Kier alpha value is -2.51. The van der Waals surface area contributed by atoms with Crippen molar-refractivity contribution >= 4 is 28.6 Å². The Bertz CT molecular complexity index is 922. The molecule has 0 aliphatic heterocycles. The number of carbonyl (C=O) groups is 1. The quantitative estimate of drug-likeness (QED) is 0.562. The van der Waals surface area contributed by atoms with Crippen LogP contribution < -0.4 is 10.1 Å². The van der Waals surface area contributed by atoms with Gasteiger partial charge in [0, 0.05) is 36.6 Å². The molecule has 7 heteroatoms. The molecule has 1 N–H and O–H groups in total. The highest BCUT2D eigenvalue weighted by atomic mass is 32.2. The van der Waals surface area contributed by atoms with E-state index in [0.717, 1.165) is 34.0 Å². The highest BCUT2D eigenvalue weighted by Gasteiger charge is 2.10. The van der Waals surface area contributed by atoms with Gasteiger partial charge in [-0.25, -0.2) is 4.98 Å². The van der Waals surface area contributed by atoms with Crippen LogP contribution in [-0.2, 0) is 17.1 Å². The zero-order chi connectivity index (χ0) is 19.9. The van der Waals surface area contributed by atoms with E-state index in [1.807, 2.05) is 54.0 Å². The van der Waals surface area contributed by atoms with Gasteiger partial charge in [-0.05, 0) is 43.9 Å². The topological polar surface area (TPSA) is 59.4 Å². The Kier molecular flexibility index (Phi) is 6.95. The molecule has 1 amide bonds. The Labute approximate surface area is 169 Å². The third kappa shape index (κ3) is 5.27. The molecule has 0 bridgehead atoms. The van der Waals surface area contributed by atoms with E-state index in [4.69, 9.17) is 4.74 Å². The van der Waals surface area contributed by atoms with Crippen LogP contribution in [0.2, 0.25) is 0 Å². The normalized spacial score (nSPS) is 11.1. The van der Waals surface area contributed by atoms with E-state index in [-0.39, 0.29) is 5.91 Å². The summed E-state index contributed by atoms with van der Waals surface area (Å²) in [4.78, 5) is 18.8. The van der Waals surface area contributed by atoms with Crippen molar-refractivity contribution in [2.75, 3.05) is 34.3 Å². The summed E-state index contributed by atoms with van der Waals surface area (Å²) in [6.07, 6.45) is 3.76. The van der Waals surface area contributed by atoms with Gasteiger partial charge in [0.25, 0.3) is 0 Å². The van der Waals surface area contributed by atoms with Gasteiger partial charge in [-0.2, -0.15) is 0 Å². The summed E-state index contributed by atoms with van der Waals surface area (Å²) < 4.78 is 7.17. The lowest BCUT2D eigenvalue weighted by Crippen LogP contribution is -2.33. The molecule has 1 aromatic carbocycles. The number of hydrogen-bond donors (Lipinski definition) is 1. The van der Waals surface area contributed by atoms with Gasteiger partial charge in [0.05, 0.1) is 12.6 Å². The molecule has 0 saturated heterocycles. The van der Waals surface area contributed by atoms with E-state index >= 15 is 0 Å². The van der Waals surface area contributed by atoms with E-state index < -0.39 is 0 Å². The fourth-order valence-electron chi connectivity index (χ4n) is 2.85. The molecule has 0 fully saturated rings. The van der Waals surface area contributed by atoms with Crippen LogP contribution in [0.25, 0.3) is 10.9 Å². The second-order valence-corrected chi connectivity index (χ2v) is 7.75. The molecule has 3 rings (SSSR count). The van der Waals surface area contributed by atoms with Gasteiger partial charge in [-0.15, -0.1) is 11.8 Å². The van der Waals surface area contributed by atoms with E-state index in [1.54, 1.807) is 25.1 Å². The molecule has 28 heavy (non-hydrogen) atoms. The number of rotatable bonds is 9. The Balaban J connectivity index is 1.65. The van der Waals surface area contributed by atoms with E-state index in [0.29, 0.717) is 13.1 Å². The minimum Gasteiger partial charge on any atom is -0.497 e. The lowest BCUT2D eigenvalue weighted by molar-refractivity contribution is -0.121. The van der Waals surface area contributed by atoms with Gasteiger partial charge in [-0.1, -0.05) is 12.1 Å². The van der Waals surface area contributed by atoms with Crippen molar-refractivity contribution in [1.82, 2.24) is 19.8 Å².